The predicted octanol–water partition coefficient (Wildman–Crippen LogP) is 1.21. The van der Waals surface area contributed by atoms with Gasteiger partial charge in [-0.2, -0.15) is 0 Å². The highest BCUT2D eigenvalue weighted by Gasteiger charge is 2.14. The highest BCUT2D eigenvalue weighted by Crippen LogP contribution is 2.06. The average molecular weight is 180 g/mol. The second kappa shape index (κ2) is 6.31. The SMILES string of the molecule is CCC(C)C(CN)NCC(F)F. The normalized spacial score (nSPS) is 16.5. The van der Waals surface area contributed by atoms with Crippen LogP contribution in [0.5, 0.6) is 0 Å². The highest BCUT2D eigenvalue weighted by atomic mass is 19.3. The highest BCUT2D eigenvalue weighted by molar-refractivity contribution is 4.73. The molecule has 0 aromatic rings. The number of nitrogens with two attached hydrogens (primary N) is 1. The Labute approximate surface area is 72.5 Å². The Morgan fingerprint density at radius 1 is 1.42 bits per heavy atom. The van der Waals surface area contributed by atoms with Gasteiger partial charge in [0.2, 0.25) is 0 Å². The lowest BCUT2D eigenvalue weighted by atomic mass is 9.99. The molecule has 0 spiro atoms. The van der Waals surface area contributed by atoms with E-state index in [1.807, 2.05) is 13.8 Å². The van der Waals surface area contributed by atoms with Crippen molar-refractivity contribution in [3.05, 3.63) is 0 Å². The van der Waals surface area contributed by atoms with Gasteiger partial charge in [0.25, 0.3) is 6.43 Å². The molecule has 0 radical (unpaired) electrons. The molecular weight excluding hydrogens is 162 g/mol. The zero-order valence-corrected chi connectivity index (χ0v) is 7.69. The second-order valence-corrected chi connectivity index (χ2v) is 3.03. The van der Waals surface area contributed by atoms with E-state index >= 15 is 0 Å². The van der Waals surface area contributed by atoms with E-state index < -0.39 is 6.43 Å². The lowest BCUT2D eigenvalue weighted by Crippen LogP contribution is -2.43. The molecule has 4 heteroatoms. The number of hydrogen-bond acceptors (Lipinski definition) is 2. The molecule has 0 aliphatic heterocycles. The predicted molar refractivity (Wildman–Crippen MR) is 46.3 cm³/mol. The van der Waals surface area contributed by atoms with Crippen LogP contribution in [-0.2, 0) is 0 Å². The van der Waals surface area contributed by atoms with E-state index in [-0.39, 0.29) is 12.6 Å². The molecule has 0 aromatic carbocycles. The fourth-order valence-corrected chi connectivity index (χ4v) is 1.04. The molecule has 0 aromatic heterocycles. The Morgan fingerprint density at radius 3 is 2.33 bits per heavy atom. The standard InChI is InChI=1S/C8H18F2N2/c1-3-6(2)7(4-11)12-5-8(9)10/h6-8,12H,3-5,11H2,1-2H3. The number of rotatable bonds is 6. The summed E-state index contributed by atoms with van der Waals surface area (Å²) in [6, 6.07) is 0.0176. The Bertz CT molecular complexity index is 109. The minimum absolute atomic E-state index is 0.0176. The smallest absolute Gasteiger partial charge is 0.250 e. The largest absolute Gasteiger partial charge is 0.329 e. The summed E-state index contributed by atoms with van der Waals surface area (Å²) in [7, 11) is 0. The third-order valence-corrected chi connectivity index (χ3v) is 2.12. The van der Waals surface area contributed by atoms with Crippen LogP contribution in [0.1, 0.15) is 20.3 Å². The van der Waals surface area contributed by atoms with Gasteiger partial charge in [0.15, 0.2) is 0 Å². The second-order valence-electron chi connectivity index (χ2n) is 3.03. The van der Waals surface area contributed by atoms with Gasteiger partial charge >= 0.3 is 0 Å². The lowest BCUT2D eigenvalue weighted by Gasteiger charge is -2.22. The molecule has 0 amide bonds. The van der Waals surface area contributed by atoms with Crippen molar-refractivity contribution in [1.29, 1.82) is 0 Å². The molecule has 0 heterocycles. The summed E-state index contributed by atoms with van der Waals surface area (Å²) in [6.07, 6.45) is -1.33. The third-order valence-electron chi connectivity index (χ3n) is 2.12. The van der Waals surface area contributed by atoms with Crippen molar-refractivity contribution >= 4 is 0 Å². The molecule has 74 valence electrons. The Balaban J connectivity index is 3.67. The van der Waals surface area contributed by atoms with E-state index in [9.17, 15) is 8.78 Å². The molecule has 0 rings (SSSR count). The van der Waals surface area contributed by atoms with E-state index in [2.05, 4.69) is 5.32 Å². The van der Waals surface area contributed by atoms with Crippen LogP contribution in [0.25, 0.3) is 0 Å². The molecule has 0 saturated heterocycles. The molecule has 0 bridgehead atoms. The van der Waals surface area contributed by atoms with Gasteiger partial charge in [-0.3, -0.25) is 0 Å². The van der Waals surface area contributed by atoms with Crippen LogP contribution in [-0.4, -0.2) is 25.6 Å². The summed E-state index contributed by atoms with van der Waals surface area (Å²) < 4.78 is 23.6. The first-order chi connectivity index (χ1) is 5.61. The van der Waals surface area contributed by atoms with E-state index in [1.165, 1.54) is 0 Å². The van der Waals surface area contributed by atoms with E-state index in [4.69, 9.17) is 5.73 Å². The molecule has 3 N–H and O–H groups in total. The van der Waals surface area contributed by atoms with Crippen molar-refractivity contribution < 1.29 is 8.78 Å². The van der Waals surface area contributed by atoms with E-state index in [1.54, 1.807) is 0 Å². The van der Waals surface area contributed by atoms with Gasteiger partial charge in [-0.05, 0) is 5.92 Å². The molecule has 0 aliphatic carbocycles. The Morgan fingerprint density at radius 2 is 2.00 bits per heavy atom. The zero-order valence-electron chi connectivity index (χ0n) is 7.69. The number of halogens is 2. The number of hydrogen-bond donors (Lipinski definition) is 2. The van der Waals surface area contributed by atoms with Gasteiger partial charge in [0.05, 0.1) is 6.54 Å². The van der Waals surface area contributed by atoms with Crippen LogP contribution in [0.4, 0.5) is 8.78 Å². The van der Waals surface area contributed by atoms with Gasteiger partial charge in [-0.25, -0.2) is 8.78 Å². The lowest BCUT2D eigenvalue weighted by molar-refractivity contribution is 0.137. The van der Waals surface area contributed by atoms with Crippen molar-refractivity contribution in [2.75, 3.05) is 13.1 Å². The van der Waals surface area contributed by atoms with Gasteiger partial charge in [0, 0.05) is 12.6 Å². The van der Waals surface area contributed by atoms with Crippen molar-refractivity contribution in [1.82, 2.24) is 5.32 Å². The first-order valence-electron chi connectivity index (χ1n) is 4.33. The first kappa shape index (κ1) is 11.8. The topological polar surface area (TPSA) is 38.0 Å². The molecule has 2 unspecified atom stereocenters. The van der Waals surface area contributed by atoms with Crippen LogP contribution >= 0.6 is 0 Å². The maximum Gasteiger partial charge on any atom is 0.250 e. The molecule has 0 aliphatic rings. The monoisotopic (exact) mass is 180 g/mol. The summed E-state index contributed by atoms with van der Waals surface area (Å²) in [4.78, 5) is 0. The van der Waals surface area contributed by atoms with Crippen molar-refractivity contribution in [3.8, 4) is 0 Å². The molecule has 12 heavy (non-hydrogen) atoms. The van der Waals surface area contributed by atoms with Gasteiger partial charge in [0.1, 0.15) is 0 Å². The van der Waals surface area contributed by atoms with E-state index in [0.717, 1.165) is 6.42 Å². The minimum atomic E-state index is -2.29. The summed E-state index contributed by atoms with van der Waals surface area (Å²) >= 11 is 0. The van der Waals surface area contributed by atoms with Gasteiger partial charge in [-0.1, -0.05) is 20.3 Å². The zero-order chi connectivity index (χ0) is 9.56. The van der Waals surface area contributed by atoms with Gasteiger partial charge in [-0.15, -0.1) is 0 Å². The summed E-state index contributed by atoms with van der Waals surface area (Å²) in [6.45, 7) is 4.20. The van der Waals surface area contributed by atoms with Crippen LogP contribution in [0, 0.1) is 5.92 Å². The molecular formula is C8H18F2N2. The molecule has 0 fully saturated rings. The quantitative estimate of drug-likeness (QED) is 0.645. The van der Waals surface area contributed by atoms with Crippen molar-refractivity contribution in [3.63, 3.8) is 0 Å². The van der Waals surface area contributed by atoms with Gasteiger partial charge < -0.3 is 11.1 Å². The number of nitrogens with one attached hydrogen (secondary N) is 1. The van der Waals surface area contributed by atoms with Crippen LogP contribution in [0.15, 0.2) is 0 Å². The molecule has 2 atom stereocenters. The maximum absolute atomic E-state index is 11.8. The fraction of sp³-hybridized carbons (Fsp3) is 1.00. The maximum atomic E-state index is 11.8. The summed E-state index contributed by atoms with van der Waals surface area (Å²) in [5.74, 6) is 0.355. The van der Waals surface area contributed by atoms with Crippen molar-refractivity contribution in [2.24, 2.45) is 11.7 Å². The summed E-state index contributed by atoms with van der Waals surface area (Å²) in [5, 5.41) is 2.74. The van der Waals surface area contributed by atoms with Crippen molar-refractivity contribution in [2.45, 2.75) is 32.7 Å². The summed E-state index contributed by atoms with van der Waals surface area (Å²) in [5.41, 5.74) is 5.43. The minimum Gasteiger partial charge on any atom is -0.329 e. The van der Waals surface area contributed by atoms with Crippen LogP contribution in [0.3, 0.4) is 0 Å². The molecule has 2 nitrogen and oxygen atoms in total. The van der Waals surface area contributed by atoms with Crippen LogP contribution in [0.2, 0.25) is 0 Å². The average Bonchev–Trinajstić information content (AvgIpc) is 2.04. The van der Waals surface area contributed by atoms with Crippen LogP contribution < -0.4 is 11.1 Å². The molecule has 0 saturated carbocycles. The fourth-order valence-electron chi connectivity index (χ4n) is 1.04. The first-order valence-corrected chi connectivity index (χ1v) is 4.33. The Kier molecular flexibility index (Phi) is 6.20. The van der Waals surface area contributed by atoms with E-state index in [0.29, 0.717) is 12.5 Å². The third kappa shape index (κ3) is 4.62. The Hall–Kier alpha value is -0.220. The number of alkyl halides is 2.